The van der Waals surface area contributed by atoms with Crippen molar-refractivity contribution >= 4 is 21.8 Å². The highest BCUT2D eigenvalue weighted by Crippen LogP contribution is 2.19. The molecule has 0 aromatic heterocycles. The standard InChI is InChI=1S/C15H20BrNO2/c16-11-13-7-3-2-6-10-17(13)15(18)12-19-14-8-4-1-5-9-14/h1,4-5,8-9,13H,2-3,6-7,10-12H2. The van der Waals surface area contributed by atoms with Crippen LogP contribution in [0.2, 0.25) is 0 Å². The minimum absolute atomic E-state index is 0.0928. The van der Waals surface area contributed by atoms with E-state index in [0.29, 0.717) is 6.04 Å². The fourth-order valence-corrected chi connectivity index (χ4v) is 3.08. The lowest BCUT2D eigenvalue weighted by molar-refractivity contribution is -0.135. The normalized spacial score (nSPS) is 19.8. The number of amides is 1. The van der Waals surface area contributed by atoms with Gasteiger partial charge in [0.15, 0.2) is 6.61 Å². The number of halogens is 1. The summed E-state index contributed by atoms with van der Waals surface area (Å²) in [6.45, 7) is 0.987. The molecule has 0 N–H and O–H groups in total. The second-order valence-corrected chi connectivity index (χ2v) is 5.49. The number of hydrogen-bond donors (Lipinski definition) is 0. The molecule has 1 heterocycles. The van der Waals surface area contributed by atoms with E-state index in [0.717, 1.165) is 30.5 Å². The Labute approximate surface area is 123 Å². The van der Waals surface area contributed by atoms with Crippen LogP contribution in [0.5, 0.6) is 5.75 Å². The van der Waals surface area contributed by atoms with E-state index in [4.69, 9.17) is 4.74 Å². The first kappa shape index (κ1) is 14.4. The molecular formula is C15H20BrNO2. The first-order valence-corrected chi connectivity index (χ1v) is 7.96. The molecule has 2 rings (SSSR count). The van der Waals surface area contributed by atoms with E-state index in [1.165, 1.54) is 12.8 Å². The largest absolute Gasteiger partial charge is 0.484 e. The maximum atomic E-state index is 12.3. The molecule has 1 amide bonds. The molecule has 4 heteroatoms. The number of ether oxygens (including phenoxy) is 1. The summed E-state index contributed by atoms with van der Waals surface area (Å²) in [4.78, 5) is 14.3. The fraction of sp³-hybridized carbons (Fsp3) is 0.533. The Kier molecular flexibility index (Phi) is 5.70. The molecule has 0 spiro atoms. The Morgan fingerprint density at radius 1 is 1.26 bits per heavy atom. The van der Waals surface area contributed by atoms with Gasteiger partial charge in [0.05, 0.1) is 0 Å². The maximum absolute atomic E-state index is 12.3. The third-order valence-electron chi connectivity index (χ3n) is 3.48. The Hall–Kier alpha value is -1.03. The molecule has 3 nitrogen and oxygen atoms in total. The third kappa shape index (κ3) is 4.23. The zero-order chi connectivity index (χ0) is 13.5. The summed E-state index contributed by atoms with van der Waals surface area (Å²) in [5.74, 6) is 0.844. The highest BCUT2D eigenvalue weighted by Gasteiger charge is 2.24. The molecule has 1 saturated heterocycles. The van der Waals surface area contributed by atoms with Gasteiger partial charge in [0.25, 0.3) is 5.91 Å². The second kappa shape index (κ2) is 7.53. The number of hydrogen-bond acceptors (Lipinski definition) is 2. The minimum atomic E-state index is 0.0928. The summed E-state index contributed by atoms with van der Waals surface area (Å²) >= 11 is 3.52. The Balaban J connectivity index is 1.90. The molecule has 1 aromatic rings. The molecule has 0 radical (unpaired) electrons. The second-order valence-electron chi connectivity index (χ2n) is 4.85. The summed E-state index contributed by atoms with van der Waals surface area (Å²) in [5.41, 5.74) is 0. The van der Waals surface area contributed by atoms with Crippen molar-refractivity contribution in [1.82, 2.24) is 4.90 Å². The average Bonchev–Trinajstić information content (AvgIpc) is 2.71. The van der Waals surface area contributed by atoms with Gasteiger partial charge in [-0.15, -0.1) is 0 Å². The predicted molar refractivity (Wildman–Crippen MR) is 79.7 cm³/mol. The highest BCUT2D eigenvalue weighted by atomic mass is 79.9. The molecule has 1 unspecified atom stereocenters. The number of rotatable bonds is 4. The number of alkyl halides is 1. The van der Waals surface area contributed by atoms with Crippen molar-refractivity contribution < 1.29 is 9.53 Å². The maximum Gasteiger partial charge on any atom is 0.260 e. The van der Waals surface area contributed by atoms with Crippen LogP contribution in [0.1, 0.15) is 25.7 Å². The molecule has 104 valence electrons. The SMILES string of the molecule is O=C(COc1ccccc1)N1CCCCCC1CBr. The third-order valence-corrected chi connectivity index (χ3v) is 4.23. The number of carbonyl (C=O) groups is 1. The van der Waals surface area contributed by atoms with Crippen LogP contribution in [0.3, 0.4) is 0 Å². The zero-order valence-electron chi connectivity index (χ0n) is 11.1. The van der Waals surface area contributed by atoms with Crippen molar-refractivity contribution in [2.75, 3.05) is 18.5 Å². The van der Waals surface area contributed by atoms with E-state index in [9.17, 15) is 4.79 Å². The van der Waals surface area contributed by atoms with E-state index in [1.807, 2.05) is 35.2 Å². The predicted octanol–water partition coefficient (Wildman–Crippen LogP) is 3.23. The molecule has 1 aliphatic rings. The molecule has 19 heavy (non-hydrogen) atoms. The minimum Gasteiger partial charge on any atom is -0.484 e. The van der Waals surface area contributed by atoms with Gasteiger partial charge in [-0.05, 0) is 25.0 Å². The van der Waals surface area contributed by atoms with E-state index >= 15 is 0 Å². The van der Waals surface area contributed by atoms with Crippen LogP contribution in [0, 0.1) is 0 Å². The summed E-state index contributed by atoms with van der Waals surface area (Å²) in [5, 5.41) is 0.851. The van der Waals surface area contributed by atoms with Crippen molar-refractivity contribution in [3.8, 4) is 5.75 Å². The molecule has 0 saturated carbocycles. The van der Waals surface area contributed by atoms with Crippen molar-refractivity contribution in [1.29, 1.82) is 0 Å². The molecule has 1 aliphatic heterocycles. The van der Waals surface area contributed by atoms with Crippen LogP contribution in [-0.4, -0.2) is 35.3 Å². The number of carbonyl (C=O) groups excluding carboxylic acids is 1. The van der Waals surface area contributed by atoms with Gasteiger partial charge in [0.2, 0.25) is 0 Å². The van der Waals surface area contributed by atoms with E-state index < -0.39 is 0 Å². The van der Waals surface area contributed by atoms with Gasteiger partial charge in [-0.25, -0.2) is 0 Å². The Bertz CT molecular complexity index is 396. The zero-order valence-corrected chi connectivity index (χ0v) is 12.6. The van der Waals surface area contributed by atoms with Crippen LogP contribution < -0.4 is 4.74 Å². The number of para-hydroxylation sites is 1. The molecular weight excluding hydrogens is 306 g/mol. The van der Waals surface area contributed by atoms with E-state index in [-0.39, 0.29) is 12.5 Å². The molecule has 1 fully saturated rings. The van der Waals surface area contributed by atoms with Crippen molar-refractivity contribution in [3.63, 3.8) is 0 Å². The quantitative estimate of drug-likeness (QED) is 0.795. The summed E-state index contributed by atoms with van der Waals surface area (Å²) in [7, 11) is 0. The van der Waals surface area contributed by atoms with Gasteiger partial charge < -0.3 is 9.64 Å². The lowest BCUT2D eigenvalue weighted by Crippen LogP contribution is -2.43. The van der Waals surface area contributed by atoms with Crippen molar-refractivity contribution in [2.45, 2.75) is 31.7 Å². The Morgan fingerprint density at radius 2 is 2.05 bits per heavy atom. The van der Waals surface area contributed by atoms with Crippen LogP contribution >= 0.6 is 15.9 Å². The number of nitrogens with zero attached hydrogens (tertiary/aromatic N) is 1. The summed E-state index contributed by atoms with van der Waals surface area (Å²) < 4.78 is 5.55. The molecule has 1 atom stereocenters. The van der Waals surface area contributed by atoms with Gasteiger partial charge in [-0.1, -0.05) is 47.0 Å². The molecule has 0 bridgehead atoms. The summed E-state index contributed by atoms with van der Waals surface area (Å²) in [6.07, 6.45) is 4.61. The summed E-state index contributed by atoms with van der Waals surface area (Å²) in [6, 6.07) is 9.81. The van der Waals surface area contributed by atoms with E-state index in [1.54, 1.807) is 0 Å². The van der Waals surface area contributed by atoms with Crippen LogP contribution in [-0.2, 0) is 4.79 Å². The van der Waals surface area contributed by atoms with Gasteiger partial charge in [0, 0.05) is 17.9 Å². The molecule has 1 aromatic carbocycles. The van der Waals surface area contributed by atoms with Gasteiger partial charge in [-0.2, -0.15) is 0 Å². The smallest absolute Gasteiger partial charge is 0.260 e. The van der Waals surface area contributed by atoms with Crippen LogP contribution in [0.25, 0.3) is 0 Å². The topological polar surface area (TPSA) is 29.5 Å². The average molecular weight is 326 g/mol. The first-order valence-electron chi connectivity index (χ1n) is 6.84. The molecule has 0 aliphatic carbocycles. The van der Waals surface area contributed by atoms with Crippen molar-refractivity contribution in [3.05, 3.63) is 30.3 Å². The van der Waals surface area contributed by atoms with Gasteiger partial charge in [0.1, 0.15) is 5.75 Å². The fourth-order valence-electron chi connectivity index (χ4n) is 2.41. The lowest BCUT2D eigenvalue weighted by atomic mass is 10.1. The lowest BCUT2D eigenvalue weighted by Gasteiger charge is -2.28. The van der Waals surface area contributed by atoms with Gasteiger partial charge >= 0.3 is 0 Å². The monoisotopic (exact) mass is 325 g/mol. The number of benzene rings is 1. The first-order chi connectivity index (χ1) is 9.31. The van der Waals surface area contributed by atoms with E-state index in [2.05, 4.69) is 15.9 Å². The van der Waals surface area contributed by atoms with Crippen LogP contribution in [0.4, 0.5) is 0 Å². The van der Waals surface area contributed by atoms with Gasteiger partial charge in [-0.3, -0.25) is 4.79 Å². The van der Waals surface area contributed by atoms with Crippen molar-refractivity contribution in [2.24, 2.45) is 0 Å². The van der Waals surface area contributed by atoms with Crippen LogP contribution in [0.15, 0.2) is 30.3 Å². The highest BCUT2D eigenvalue weighted by molar-refractivity contribution is 9.09. The Morgan fingerprint density at radius 3 is 2.79 bits per heavy atom. The number of likely N-dealkylation sites (tertiary alicyclic amines) is 1.